The Morgan fingerprint density at radius 3 is 2.77 bits per heavy atom. The summed E-state index contributed by atoms with van der Waals surface area (Å²) in [5.74, 6) is 2.58. The zero-order valence-corrected chi connectivity index (χ0v) is 18.6. The van der Waals surface area contributed by atoms with Gasteiger partial charge in [0.15, 0.2) is 5.96 Å². The van der Waals surface area contributed by atoms with Crippen LogP contribution in [-0.2, 0) is 11.3 Å². The highest BCUT2D eigenvalue weighted by molar-refractivity contribution is 14.0. The van der Waals surface area contributed by atoms with Crippen LogP contribution in [0, 0.1) is 5.92 Å². The molecule has 2 N–H and O–H groups in total. The van der Waals surface area contributed by atoms with Crippen molar-refractivity contribution in [2.75, 3.05) is 26.3 Å². The quantitative estimate of drug-likeness (QED) is 0.220. The molecule has 0 bridgehead atoms. The summed E-state index contributed by atoms with van der Waals surface area (Å²) in [7, 11) is 0. The summed E-state index contributed by atoms with van der Waals surface area (Å²) in [5, 5.41) is 6.65. The molecule has 1 aliphatic carbocycles. The van der Waals surface area contributed by atoms with E-state index < -0.39 is 0 Å². The van der Waals surface area contributed by atoms with Gasteiger partial charge in [-0.1, -0.05) is 12.1 Å². The van der Waals surface area contributed by atoms with Crippen molar-refractivity contribution in [2.45, 2.75) is 52.7 Å². The van der Waals surface area contributed by atoms with E-state index in [9.17, 15) is 0 Å². The first kappa shape index (κ1) is 23.0. The second kappa shape index (κ2) is 13.2. The van der Waals surface area contributed by atoms with Gasteiger partial charge >= 0.3 is 0 Å². The third-order valence-corrected chi connectivity index (χ3v) is 3.84. The number of ether oxygens (including phenoxy) is 2. The van der Waals surface area contributed by atoms with Gasteiger partial charge in [-0.05, 0) is 63.6 Å². The van der Waals surface area contributed by atoms with Crippen LogP contribution in [0.3, 0.4) is 0 Å². The molecule has 1 aliphatic rings. The average molecular weight is 475 g/mol. The number of nitrogens with zero attached hydrogens (tertiary/aromatic N) is 1. The van der Waals surface area contributed by atoms with Crippen molar-refractivity contribution in [3.8, 4) is 5.75 Å². The molecule has 0 radical (unpaired) electrons. The highest BCUT2D eigenvalue weighted by atomic mass is 127. The molecule has 6 heteroatoms. The second-order valence-electron chi connectivity index (χ2n) is 6.81. The molecule has 148 valence electrons. The lowest BCUT2D eigenvalue weighted by atomic mass is 10.2. The molecule has 1 saturated carbocycles. The zero-order chi connectivity index (χ0) is 17.9. The Labute approximate surface area is 175 Å². The summed E-state index contributed by atoms with van der Waals surface area (Å²) in [6.45, 7) is 10.2. The Balaban J connectivity index is 0.00000338. The smallest absolute Gasteiger partial charge is 0.191 e. The van der Waals surface area contributed by atoms with Crippen LogP contribution < -0.4 is 15.4 Å². The van der Waals surface area contributed by atoms with Gasteiger partial charge in [-0.3, -0.25) is 0 Å². The molecule has 0 unspecified atom stereocenters. The second-order valence-corrected chi connectivity index (χ2v) is 6.81. The van der Waals surface area contributed by atoms with Crippen molar-refractivity contribution in [3.05, 3.63) is 29.8 Å². The number of halogens is 1. The molecule has 1 aromatic carbocycles. The predicted octanol–water partition coefficient (Wildman–Crippen LogP) is 3.96. The minimum absolute atomic E-state index is 0. The third-order valence-electron chi connectivity index (χ3n) is 3.84. The Morgan fingerprint density at radius 1 is 1.27 bits per heavy atom. The van der Waals surface area contributed by atoms with E-state index in [4.69, 9.17) is 9.47 Å². The number of hydrogen-bond acceptors (Lipinski definition) is 3. The van der Waals surface area contributed by atoms with Gasteiger partial charge in [0.25, 0.3) is 0 Å². The zero-order valence-electron chi connectivity index (χ0n) is 16.3. The number of benzene rings is 1. The molecule has 0 aromatic heterocycles. The molecule has 5 nitrogen and oxygen atoms in total. The molecule has 1 fully saturated rings. The molecule has 1 aromatic rings. The van der Waals surface area contributed by atoms with Gasteiger partial charge in [0, 0.05) is 26.3 Å². The summed E-state index contributed by atoms with van der Waals surface area (Å²) in [4.78, 5) is 4.66. The fourth-order valence-corrected chi connectivity index (χ4v) is 2.42. The molecule has 0 saturated heterocycles. The van der Waals surface area contributed by atoms with E-state index in [-0.39, 0.29) is 30.1 Å². The Hall–Kier alpha value is -1.02. The van der Waals surface area contributed by atoms with Gasteiger partial charge in [0.2, 0.25) is 0 Å². The van der Waals surface area contributed by atoms with Crippen LogP contribution in [0.1, 0.15) is 45.6 Å². The first-order chi connectivity index (χ1) is 12.2. The van der Waals surface area contributed by atoms with E-state index >= 15 is 0 Å². The molecule has 0 atom stereocenters. The third kappa shape index (κ3) is 10.2. The highest BCUT2D eigenvalue weighted by Crippen LogP contribution is 2.28. The largest absolute Gasteiger partial charge is 0.491 e. The SMILES string of the molecule is CCNC(=NCc1cccc(OC(C)C)c1)NCCCOCC1CC1.I. The van der Waals surface area contributed by atoms with E-state index in [1.54, 1.807) is 0 Å². The lowest BCUT2D eigenvalue weighted by molar-refractivity contribution is 0.123. The van der Waals surface area contributed by atoms with Crippen molar-refractivity contribution in [1.29, 1.82) is 0 Å². The van der Waals surface area contributed by atoms with Crippen LogP contribution in [0.4, 0.5) is 0 Å². The molecule has 26 heavy (non-hydrogen) atoms. The highest BCUT2D eigenvalue weighted by Gasteiger charge is 2.20. The monoisotopic (exact) mass is 475 g/mol. The van der Waals surface area contributed by atoms with Gasteiger partial charge in [-0.15, -0.1) is 24.0 Å². The average Bonchev–Trinajstić information content (AvgIpc) is 3.39. The van der Waals surface area contributed by atoms with Gasteiger partial charge in [0.05, 0.1) is 12.6 Å². The van der Waals surface area contributed by atoms with Crippen LogP contribution in [0.25, 0.3) is 0 Å². The van der Waals surface area contributed by atoms with E-state index in [0.717, 1.165) is 55.9 Å². The van der Waals surface area contributed by atoms with Crippen LogP contribution >= 0.6 is 24.0 Å². The maximum absolute atomic E-state index is 5.74. The number of hydrogen-bond donors (Lipinski definition) is 2. The van der Waals surface area contributed by atoms with Crippen LogP contribution in [0.5, 0.6) is 5.75 Å². The lowest BCUT2D eigenvalue weighted by Gasteiger charge is -2.12. The van der Waals surface area contributed by atoms with Crippen LogP contribution in [0.15, 0.2) is 29.3 Å². The van der Waals surface area contributed by atoms with Crippen molar-refractivity contribution in [1.82, 2.24) is 10.6 Å². The van der Waals surface area contributed by atoms with E-state index in [2.05, 4.69) is 34.7 Å². The number of aliphatic imine (C=N–C) groups is 1. The van der Waals surface area contributed by atoms with E-state index in [0.29, 0.717) is 6.54 Å². The number of rotatable bonds is 11. The minimum Gasteiger partial charge on any atom is -0.491 e. The van der Waals surface area contributed by atoms with E-state index in [1.807, 2.05) is 26.0 Å². The first-order valence-electron chi connectivity index (χ1n) is 9.53. The van der Waals surface area contributed by atoms with Gasteiger partial charge in [-0.25, -0.2) is 4.99 Å². The molecule has 0 amide bonds. The Bertz CT molecular complexity index is 534. The molecule has 2 rings (SSSR count). The Kier molecular flexibility index (Phi) is 11.7. The maximum atomic E-state index is 5.74. The lowest BCUT2D eigenvalue weighted by Crippen LogP contribution is -2.38. The van der Waals surface area contributed by atoms with Crippen molar-refractivity contribution in [3.63, 3.8) is 0 Å². The molecule has 0 spiro atoms. The topological polar surface area (TPSA) is 54.9 Å². The first-order valence-corrected chi connectivity index (χ1v) is 9.53. The van der Waals surface area contributed by atoms with E-state index in [1.165, 1.54) is 12.8 Å². The van der Waals surface area contributed by atoms with Gasteiger partial charge in [-0.2, -0.15) is 0 Å². The van der Waals surface area contributed by atoms with Crippen LogP contribution in [0.2, 0.25) is 0 Å². The number of nitrogens with one attached hydrogen (secondary N) is 2. The van der Waals surface area contributed by atoms with Crippen molar-refractivity contribution < 1.29 is 9.47 Å². The standard InChI is InChI=1S/C20H33N3O2.HI/c1-4-21-20(22-11-6-12-24-15-17-9-10-17)23-14-18-7-5-8-19(13-18)25-16(2)3;/h5,7-8,13,16-17H,4,6,9-12,14-15H2,1-3H3,(H2,21,22,23);1H. The van der Waals surface area contributed by atoms with Crippen molar-refractivity contribution in [2.24, 2.45) is 10.9 Å². The molecule has 0 heterocycles. The Morgan fingerprint density at radius 2 is 2.08 bits per heavy atom. The van der Waals surface area contributed by atoms with Crippen molar-refractivity contribution >= 4 is 29.9 Å². The molecule has 0 aliphatic heterocycles. The van der Waals surface area contributed by atoms with Gasteiger partial charge < -0.3 is 20.1 Å². The summed E-state index contributed by atoms with van der Waals surface area (Å²) in [5.41, 5.74) is 1.14. The summed E-state index contributed by atoms with van der Waals surface area (Å²) < 4.78 is 11.4. The van der Waals surface area contributed by atoms with Crippen LogP contribution in [-0.4, -0.2) is 38.4 Å². The summed E-state index contributed by atoms with van der Waals surface area (Å²) in [6, 6.07) is 8.13. The fourth-order valence-electron chi connectivity index (χ4n) is 2.42. The summed E-state index contributed by atoms with van der Waals surface area (Å²) >= 11 is 0. The summed E-state index contributed by atoms with van der Waals surface area (Å²) in [6.07, 6.45) is 3.87. The minimum atomic E-state index is 0. The van der Waals surface area contributed by atoms with Gasteiger partial charge in [0.1, 0.15) is 5.75 Å². The fraction of sp³-hybridized carbons (Fsp3) is 0.650. The number of guanidine groups is 1. The predicted molar refractivity (Wildman–Crippen MR) is 119 cm³/mol. The molecular weight excluding hydrogens is 441 g/mol. The molecular formula is C20H34IN3O2. The normalized spacial score (nSPS) is 14.1. The maximum Gasteiger partial charge on any atom is 0.191 e.